The quantitative estimate of drug-likeness (QED) is 0.704. The third-order valence-corrected chi connectivity index (χ3v) is 2.20. The van der Waals surface area contributed by atoms with Crippen molar-refractivity contribution in [2.24, 2.45) is 5.73 Å². The van der Waals surface area contributed by atoms with E-state index in [9.17, 15) is 4.79 Å². The number of aryl methyl sites for hydroxylation is 1. The number of urea groups is 1. The van der Waals surface area contributed by atoms with Gasteiger partial charge in [0.05, 0.1) is 0 Å². The molecule has 0 aromatic heterocycles. The molecule has 0 fully saturated rings. The second-order valence-corrected chi connectivity index (χ2v) is 3.29. The van der Waals surface area contributed by atoms with Gasteiger partial charge in [0, 0.05) is 18.8 Å². The Morgan fingerprint density at radius 2 is 2.20 bits per heavy atom. The van der Waals surface area contributed by atoms with Gasteiger partial charge in [-0.05, 0) is 31.0 Å². The summed E-state index contributed by atoms with van der Waals surface area (Å²) in [5.41, 5.74) is 8.48. The molecule has 15 heavy (non-hydrogen) atoms. The highest BCUT2D eigenvalue weighted by atomic mass is 16.2. The van der Waals surface area contributed by atoms with Crippen molar-refractivity contribution in [1.29, 1.82) is 0 Å². The molecule has 0 saturated carbocycles. The van der Waals surface area contributed by atoms with Gasteiger partial charge < -0.3 is 16.4 Å². The Bertz CT molecular complexity index is 350. The van der Waals surface area contributed by atoms with Crippen molar-refractivity contribution in [2.45, 2.75) is 20.4 Å². The molecular weight excluding hydrogens is 190 g/mol. The van der Waals surface area contributed by atoms with Gasteiger partial charge in [-0.2, -0.15) is 0 Å². The van der Waals surface area contributed by atoms with Crippen LogP contribution in [0.1, 0.15) is 18.1 Å². The van der Waals surface area contributed by atoms with E-state index in [4.69, 9.17) is 5.73 Å². The number of hydrogen-bond donors (Lipinski definition) is 3. The van der Waals surface area contributed by atoms with Gasteiger partial charge in [0.1, 0.15) is 0 Å². The summed E-state index contributed by atoms with van der Waals surface area (Å²) in [6.07, 6.45) is 0. The molecule has 4 nitrogen and oxygen atoms in total. The van der Waals surface area contributed by atoms with Gasteiger partial charge in [0.15, 0.2) is 0 Å². The minimum atomic E-state index is -0.196. The molecule has 0 unspecified atom stereocenters. The highest BCUT2D eigenvalue weighted by Crippen LogP contribution is 2.18. The predicted octanol–water partition coefficient (Wildman–Crippen LogP) is 1.60. The van der Waals surface area contributed by atoms with Crippen molar-refractivity contribution < 1.29 is 4.79 Å². The summed E-state index contributed by atoms with van der Waals surface area (Å²) < 4.78 is 0. The van der Waals surface area contributed by atoms with Crippen LogP contribution in [0.15, 0.2) is 18.2 Å². The van der Waals surface area contributed by atoms with Crippen LogP contribution in [0.4, 0.5) is 10.5 Å². The summed E-state index contributed by atoms with van der Waals surface area (Å²) >= 11 is 0. The maximum absolute atomic E-state index is 11.3. The molecule has 0 aliphatic heterocycles. The Labute approximate surface area is 89.9 Å². The molecule has 82 valence electrons. The lowest BCUT2D eigenvalue weighted by Gasteiger charge is -2.12. The minimum Gasteiger partial charge on any atom is -0.338 e. The van der Waals surface area contributed by atoms with Crippen LogP contribution in [0.2, 0.25) is 0 Å². The smallest absolute Gasteiger partial charge is 0.319 e. The van der Waals surface area contributed by atoms with Gasteiger partial charge in [-0.15, -0.1) is 0 Å². The first-order valence-electron chi connectivity index (χ1n) is 5.02. The molecule has 0 aliphatic rings. The summed E-state index contributed by atoms with van der Waals surface area (Å²) in [4.78, 5) is 11.3. The molecule has 1 aromatic carbocycles. The monoisotopic (exact) mass is 207 g/mol. The Hall–Kier alpha value is -1.55. The molecule has 0 aliphatic carbocycles. The van der Waals surface area contributed by atoms with Crippen LogP contribution in [-0.2, 0) is 6.54 Å². The first-order chi connectivity index (χ1) is 7.19. The highest BCUT2D eigenvalue weighted by Gasteiger charge is 2.06. The number of nitrogens with two attached hydrogens (primary N) is 1. The minimum absolute atomic E-state index is 0.196. The summed E-state index contributed by atoms with van der Waals surface area (Å²) in [5, 5.41) is 5.45. The van der Waals surface area contributed by atoms with E-state index in [0.717, 1.165) is 16.8 Å². The van der Waals surface area contributed by atoms with Crippen LogP contribution in [0.5, 0.6) is 0 Å². The normalized spacial score (nSPS) is 9.80. The number of benzene rings is 1. The third kappa shape index (κ3) is 2.95. The fourth-order valence-electron chi connectivity index (χ4n) is 1.42. The zero-order valence-corrected chi connectivity index (χ0v) is 9.13. The SMILES string of the molecule is CCNC(=O)Nc1cccc(C)c1CN. The summed E-state index contributed by atoms with van der Waals surface area (Å²) in [6, 6.07) is 5.53. The molecule has 0 spiro atoms. The van der Waals surface area contributed by atoms with E-state index in [2.05, 4.69) is 10.6 Å². The summed E-state index contributed by atoms with van der Waals surface area (Å²) in [7, 11) is 0. The molecule has 0 saturated heterocycles. The van der Waals surface area contributed by atoms with E-state index in [1.807, 2.05) is 32.0 Å². The Morgan fingerprint density at radius 3 is 2.80 bits per heavy atom. The van der Waals surface area contributed by atoms with Crippen LogP contribution in [0, 0.1) is 6.92 Å². The fraction of sp³-hybridized carbons (Fsp3) is 0.364. The molecule has 4 heteroatoms. The first-order valence-corrected chi connectivity index (χ1v) is 5.02. The van der Waals surface area contributed by atoms with Crippen LogP contribution in [0.25, 0.3) is 0 Å². The summed E-state index contributed by atoms with van der Waals surface area (Å²) in [5.74, 6) is 0. The molecule has 1 rings (SSSR count). The van der Waals surface area contributed by atoms with Crippen molar-refractivity contribution in [3.05, 3.63) is 29.3 Å². The average molecular weight is 207 g/mol. The molecule has 4 N–H and O–H groups in total. The van der Waals surface area contributed by atoms with E-state index < -0.39 is 0 Å². The Morgan fingerprint density at radius 1 is 1.47 bits per heavy atom. The van der Waals surface area contributed by atoms with Gasteiger partial charge >= 0.3 is 6.03 Å². The van der Waals surface area contributed by atoms with Crippen molar-refractivity contribution in [2.75, 3.05) is 11.9 Å². The molecule has 0 atom stereocenters. The lowest BCUT2D eigenvalue weighted by molar-refractivity contribution is 0.252. The van der Waals surface area contributed by atoms with Gasteiger partial charge in [-0.3, -0.25) is 0 Å². The number of hydrogen-bond acceptors (Lipinski definition) is 2. The van der Waals surface area contributed by atoms with E-state index in [1.165, 1.54) is 0 Å². The van der Waals surface area contributed by atoms with Gasteiger partial charge in [0.2, 0.25) is 0 Å². The molecule has 0 bridgehead atoms. The fourth-order valence-corrected chi connectivity index (χ4v) is 1.42. The zero-order valence-electron chi connectivity index (χ0n) is 9.13. The Balaban J connectivity index is 2.84. The van der Waals surface area contributed by atoms with E-state index in [-0.39, 0.29) is 6.03 Å². The van der Waals surface area contributed by atoms with Crippen molar-refractivity contribution >= 4 is 11.7 Å². The lowest BCUT2D eigenvalue weighted by Crippen LogP contribution is -2.28. The second-order valence-electron chi connectivity index (χ2n) is 3.29. The maximum Gasteiger partial charge on any atom is 0.319 e. The van der Waals surface area contributed by atoms with Crippen molar-refractivity contribution in [3.8, 4) is 0 Å². The van der Waals surface area contributed by atoms with Crippen LogP contribution in [-0.4, -0.2) is 12.6 Å². The standard InChI is InChI=1S/C11H17N3O/c1-3-13-11(15)14-10-6-4-5-8(2)9(10)7-12/h4-6H,3,7,12H2,1-2H3,(H2,13,14,15). The number of rotatable bonds is 3. The molecule has 0 radical (unpaired) electrons. The molecule has 2 amide bonds. The van der Waals surface area contributed by atoms with Crippen LogP contribution < -0.4 is 16.4 Å². The van der Waals surface area contributed by atoms with Gasteiger partial charge in [-0.25, -0.2) is 4.79 Å². The lowest BCUT2D eigenvalue weighted by atomic mass is 10.1. The summed E-state index contributed by atoms with van der Waals surface area (Å²) in [6.45, 7) is 4.88. The topological polar surface area (TPSA) is 67.2 Å². The van der Waals surface area contributed by atoms with Crippen molar-refractivity contribution in [3.63, 3.8) is 0 Å². The largest absolute Gasteiger partial charge is 0.338 e. The molecule has 1 aromatic rings. The van der Waals surface area contributed by atoms with Gasteiger partial charge in [0.25, 0.3) is 0 Å². The average Bonchev–Trinajstić information content (AvgIpc) is 2.18. The number of carbonyl (C=O) groups excluding carboxylic acids is 1. The maximum atomic E-state index is 11.3. The number of nitrogens with one attached hydrogen (secondary N) is 2. The molecular formula is C11H17N3O. The molecule has 0 heterocycles. The Kier molecular flexibility index (Phi) is 4.12. The predicted molar refractivity (Wildman–Crippen MR) is 61.8 cm³/mol. The van der Waals surface area contributed by atoms with E-state index in [0.29, 0.717) is 13.1 Å². The van der Waals surface area contributed by atoms with Gasteiger partial charge in [-0.1, -0.05) is 12.1 Å². The van der Waals surface area contributed by atoms with Crippen LogP contribution >= 0.6 is 0 Å². The van der Waals surface area contributed by atoms with E-state index >= 15 is 0 Å². The number of anilines is 1. The first kappa shape index (κ1) is 11.5. The number of amides is 2. The third-order valence-electron chi connectivity index (χ3n) is 2.20. The highest BCUT2D eigenvalue weighted by molar-refractivity contribution is 5.90. The number of carbonyl (C=O) groups is 1. The van der Waals surface area contributed by atoms with Crippen LogP contribution in [0.3, 0.4) is 0 Å². The van der Waals surface area contributed by atoms with Crippen molar-refractivity contribution in [1.82, 2.24) is 5.32 Å². The van der Waals surface area contributed by atoms with E-state index in [1.54, 1.807) is 0 Å². The zero-order chi connectivity index (χ0) is 11.3. The second kappa shape index (κ2) is 5.36.